The van der Waals surface area contributed by atoms with Gasteiger partial charge in [-0.2, -0.15) is 0 Å². The number of piperazine rings is 1. The van der Waals surface area contributed by atoms with E-state index < -0.39 is 17.5 Å². The molecule has 0 unspecified atom stereocenters. The minimum Gasteiger partial charge on any atom is -0.484 e. The van der Waals surface area contributed by atoms with E-state index >= 15 is 0 Å². The van der Waals surface area contributed by atoms with Crippen LogP contribution in [0.5, 0.6) is 5.75 Å². The minimum atomic E-state index is -0.572. The van der Waals surface area contributed by atoms with Gasteiger partial charge < -0.3 is 24.4 Å². The highest BCUT2D eigenvalue weighted by atomic mass is 35.5. The number of anilines is 1. The number of nitrogens with zero attached hydrogens (tertiary/aromatic N) is 2. The van der Waals surface area contributed by atoms with E-state index in [9.17, 15) is 14.3 Å². The van der Waals surface area contributed by atoms with Gasteiger partial charge in [0.2, 0.25) is 0 Å². The molecular formula is C18H24ClFN2O4. The summed E-state index contributed by atoms with van der Waals surface area (Å²) in [5.41, 5.74) is -0.0164. The van der Waals surface area contributed by atoms with Crippen LogP contribution < -0.4 is 9.64 Å². The van der Waals surface area contributed by atoms with Crippen LogP contribution in [0.4, 0.5) is 14.9 Å². The fourth-order valence-corrected chi connectivity index (χ4v) is 3.62. The van der Waals surface area contributed by atoms with E-state index in [1.165, 1.54) is 12.1 Å². The molecule has 2 heterocycles. The Hall–Kier alpha value is -1.73. The van der Waals surface area contributed by atoms with Gasteiger partial charge in [-0.1, -0.05) is 11.6 Å². The van der Waals surface area contributed by atoms with Gasteiger partial charge in [0.25, 0.3) is 0 Å². The molecular weight excluding hydrogens is 363 g/mol. The van der Waals surface area contributed by atoms with E-state index in [1.807, 2.05) is 25.7 Å². The summed E-state index contributed by atoms with van der Waals surface area (Å²) < 4.78 is 25.2. The van der Waals surface area contributed by atoms with Crippen LogP contribution >= 0.6 is 11.6 Å². The maximum absolute atomic E-state index is 13.9. The zero-order valence-corrected chi connectivity index (χ0v) is 15.9. The van der Waals surface area contributed by atoms with Crippen LogP contribution in [0.3, 0.4) is 0 Å². The number of carbonyl (C=O) groups excluding carboxylic acids is 1. The summed E-state index contributed by atoms with van der Waals surface area (Å²) in [6, 6.07) is 2.45. The fourth-order valence-electron chi connectivity index (χ4n) is 3.37. The van der Waals surface area contributed by atoms with Gasteiger partial charge in [-0.05, 0) is 26.8 Å². The molecule has 6 nitrogen and oxygen atoms in total. The third kappa shape index (κ3) is 3.99. The molecule has 26 heavy (non-hydrogen) atoms. The van der Waals surface area contributed by atoms with Crippen molar-refractivity contribution in [1.82, 2.24) is 4.90 Å². The van der Waals surface area contributed by atoms with E-state index in [4.69, 9.17) is 21.1 Å². The van der Waals surface area contributed by atoms with Gasteiger partial charge in [0.15, 0.2) is 5.75 Å². The number of hydrogen-bond acceptors (Lipinski definition) is 5. The topological polar surface area (TPSA) is 62.2 Å². The second-order valence-corrected chi connectivity index (χ2v) is 8.07. The highest BCUT2D eigenvalue weighted by molar-refractivity contribution is 6.32. The van der Waals surface area contributed by atoms with Crippen LogP contribution in [0.1, 0.15) is 27.2 Å². The number of benzene rings is 1. The zero-order valence-electron chi connectivity index (χ0n) is 15.2. The van der Waals surface area contributed by atoms with Crippen molar-refractivity contribution < 1.29 is 23.8 Å². The van der Waals surface area contributed by atoms with E-state index in [2.05, 4.69) is 0 Å². The number of ether oxygens (including phenoxy) is 2. The van der Waals surface area contributed by atoms with Crippen molar-refractivity contribution in [2.45, 2.75) is 44.9 Å². The lowest BCUT2D eigenvalue weighted by Crippen LogP contribution is -2.56. The summed E-state index contributed by atoms with van der Waals surface area (Å²) in [5, 5.41) is 9.81. The lowest BCUT2D eigenvalue weighted by molar-refractivity contribution is 0.0197. The molecule has 1 saturated heterocycles. The van der Waals surface area contributed by atoms with Crippen molar-refractivity contribution in [3.63, 3.8) is 0 Å². The van der Waals surface area contributed by atoms with Crippen molar-refractivity contribution in [2.24, 2.45) is 0 Å². The van der Waals surface area contributed by atoms with Crippen molar-refractivity contribution in [1.29, 1.82) is 0 Å². The van der Waals surface area contributed by atoms with Crippen molar-refractivity contribution in [3.8, 4) is 5.75 Å². The highest BCUT2D eigenvalue weighted by Crippen LogP contribution is 2.42. The van der Waals surface area contributed by atoms with Gasteiger partial charge in [-0.3, -0.25) is 0 Å². The van der Waals surface area contributed by atoms with Gasteiger partial charge in [0.1, 0.15) is 17.5 Å². The molecule has 1 aromatic carbocycles. The number of carbonyl (C=O) groups is 1. The molecule has 1 amide bonds. The van der Waals surface area contributed by atoms with Gasteiger partial charge in [0.05, 0.1) is 23.4 Å². The largest absolute Gasteiger partial charge is 0.484 e. The average Bonchev–Trinajstić information content (AvgIpc) is 2.69. The first-order valence-electron chi connectivity index (χ1n) is 8.69. The summed E-state index contributed by atoms with van der Waals surface area (Å²) in [7, 11) is 0. The molecule has 2 atom stereocenters. The van der Waals surface area contributed by atoms with Gasteiger partial charge in [-0.15, -0.1) is 0 Å². The molecule has 2 aliphatic rings. The zero-order chi connectivity index (χ0) is 19.1. The Morgan fingerprint density at radius 2 is 2.15 bits per heavy atom. The summed E-state index contributed by atoms with van der Waals surface area (Å²) in [6.45, 7) is 6.63. The monoisotopic (exact) mass is 386 g/mol. The van der Waals surface area contributed by atoms with E-state index in [-0.39, 0.29) is 23.8 Å². The van der Waals surface area contributed by atoms with E-state index in [0.29, 0.717) is 37.5 Å². The Labute approximate surface area is 157 Å². The summed E-state index contributed by atoms with van der Waals surface area (Å²) in [4.78, 5) is 16.0. The van der Waals surface area contributed by atoms with Crippen LogP contribution in [0.2, 0.25) is 5.02 Å². The molecule has 0 saturated carbocycles. The summed E-state index contributed by atoms with van der Waals surface area (Å²) in [5.74, 6) is -0.0755. The standard InChI is InChI=1S/C18H24ClFN2O4/c1-18(2,3)26-17(24)21-4-5-22-12(9-21)8-13(10-23)25-16-14(19)6-11(20)7-15(16)22/h6-7,12-13,23H,4-5,8-10H2,1-3H3/t12-,13-/m0/s1. The van der Waals surface area contributed by atoms with Crippen LogP contribution in [0.25, 0.3) is 0 Å². The summed E-state index contributed by atoms with van der Waals surface area (Å²) >= 11 is 6.17. The summed E-state index contributed by atoms with van der Waals surface area (Å²) in [6.07, 6.45) is -0.367. The molecule has 0 radical (unpaired) electrons. The third-order valence-electron chi connectivity index (χ3n) is 4.46. The Bertz CT molecular complexity index is 695. The third-order valence-corrected chi connectivity index (χ3v) is 4.74. The number of hydrogen-bond donors (Lipinski definition) is 1. The van der Waals surface area contributed by atoms with Crippen molar-refractivity contribution >= 4 is 23.4 Å². The molecule has 2 aliphatic heterocycles. The van der Waals surface area contributed by atoms with Crippen LogP contribution in [0.15, 0.2) is 12.1 Å². The second kappa shape index (κ2) is 7.12. The van der Waals surface area contributed by atoms with Crippen LogP contribution in [-0.2, 0) is 4.74 Å². The van der Waals surface area contributed by atoms with Crippen molar-refractivity contribution in [2.75, 3.05) is 31.1 Å². The van der Waals surface area contributed by atoms with E-state index in [1.54, 1.807) is 4.90 Å². The Kier molecular flexibility index (Phi) is 5.21. The van der Waals surface area contributed by atoms with Crippen LogP contribution in [-0.4, -0.2) is 60.1 Å². The number of aliphatic hydroxyl groups excluding tert-OH is 1. The first-order valence-corrected chi connectivity index (χ1v) is 9.07. The molecule has 8 heteroatoms. The van der Waals surface area contributed by atoms with Crippen LogP contribution in [0, 0.1) is 5.82 Å². The predicted molar refractivity (Wildman–Crippen MR) is 96.5 cm³/mol. The SMILES string of the molecule is CC(C)(C)OC(=O)N1CCN2c3cc(F)cc(Cl)c3O[C@H](CO)C[C@H]2C1. The predicted octanol–water partition coefficient (Wildman–Crippen LogP) is 3.05. The smallest absolute Gasteiger partial charge is 0.410 e. The molecule has 1 fully saturated rings. The fraction of sp³-hybridized carbons (Fsp3) is 0.611. The van der Waals surface area contributed by atoms with E-state index in [0.717, 1.165) is 0 Å². The number of rotatable bonds is 1. The second-order valence-electron chi connectivity index (χ2n) is 7.67. The lowest BCUT2D eigenvalue weighted by Gasteiger charge is -2.42. The number of aliphatic hydroxyl groups is 1. The maximum Gasteiger partial charge on any atom is 0.410 e. The maximum atomic E-state index is 13.9. The van der Waals surface area contributed by atoms with Crippen molar-refractivity contribution in [3.05, 3.63) is 23.0 Å². The Morgan fingerprint density at radius 3 is 2.81 bits per heavy atom. The molecule has 0 bridgehead atoms. The highest BCUT2D eigenvalue weighted by Gasteiger charge is 2.38. The number of halogens is 2. The van der Waals surface area contributed by atoms with Gasteiger partial charge in [0, 0.05) is 32.1 Å². The van der Waals surface area contributed by atoms with Gasteiger partial charge >= 0.3 is 6.09 Å². The Morgan fingerprint density at radius 1 is 1.42 bits per heavy atom. The molecule has 0 aromatic heterocycles. The molecule has 1 aromatic rings. The molecule has 0 aliphatic carbocycles. The normalized spacial score (nSPS) is 22.8. The first-order chi connectivity index (χ1) is 12.2. The molecule has 0 spiro atoms. The van der Waals surface area contributed by atoms with Gasteiger partial charge in [-0.25, -0.2) is 9.18 Å². The molecule has 144 valence electrons. The molecule has 1 N–H and O–H groups in total. The Balaban J connectivity index is 1.87. The number of fused-ring (bicyclic) bond motifs is 3. The lowest BCUT2D eigenvalue weighted by atomic mass is 10.0. The molecule has 3 rings (SSSR count). The first kappa shape index (κ1) is 19.0. The number of amides is 1. The minimum absolute atomic E-state index is 0.132. The quantitative estimate of drug-likeness (QED) is 0.803. The average molecular weight is 387 g/mol.